The van der Waals surface area contributed by atoms with Gasteiger partial charge in [-0.25, -0.2) is 0 Å². The monoisotopic (exact) mass is 466 g/mol. The maximum atomic E-state index is 12.6. The van der Waals surface area contributed by atoms with Gasteiger partial charge in [0.15, 0.2) is 34.6 Å². The molecule has 0 aromatic heterocycles. The molecule has 0 spiro atoms. The fraction of sp³-hybridized carbons (Fsp3) is 0.182. The van der Waals surface area contributed by atoms with Crippen molar-refractivity contribution in [3.05, 3.63) is 57.3 Å². The van der Waals surface area contributed by atoms with Gasteiger partial charge in [-0.2, -0.15) is 10.5 Å². The Morgan fingerprint density at radius 1 is 0.750 bits per heavy atom. The van der Waals surface area contributed by atoms with E-state index in [2.05, 4.69) is 0 Å². The van der Waals surface area contributed by atoms with Crippen LogP contribution in [0.3, 0.4) is 0 Å². The molecule has 10 heteroatoms. The summed E-state index contributed by atoms with van der Waals surface area (Å²) >= 11 is 2.10. The highest BCUT2D eigenvalue weighted by molar-refractivity contribution is 8.22. The molecular formula is C22H14N2O6S2. The van der Waals surface area contributed by atoms with Crippen LogP contribution in [0.1, 0.15) is 20.7 Å². The van der Waals surface area contributed by atoms with E-state index < -0.39 is 0 Å². The molecule has 8 nitrogen and oxygen atoms in total. The summed E-state index contributed by atoms with van der Waals surface area (Å²) in [6, 6.07) is 13.4. The lowest BCUT2D eigenvalue weighted by Crippen LogP contribution is -2.05. The molecule has 0 saturated carbocycles. The second-order valence-electron chi connectivity index (χ2n) is 6.45. The molecule has 2 aliphatic rings. The van der Waals surface area contributed by atoms with E-state index in [1.807, 2.05) is 12.1 Å². The number of nitrogens with zero attached hydrogens (tertiary/aromatic N) is 2. The molecule has 160 valence electrons. The number of rotatable bonds is 8. The summed E-state index contributed by atoms with van der Waals surface area (Å²) < 4.78 is 21.4. The normalized spacial score (nSPS) is 12.6. The van der Waals surface area contributed by atoms with Gasteiger partial charge in [0.05, 0.1) is 15.7 Å². The van der Waals surface area contributed by atoms with Crippen LogP contribution in [0, 0.1) is 22.7 Å². The van der Waals surface area contributed by atoms with Crippen molar-refractivity contribution in [3.8, 4) is 35.1 Å². The molecule has 0 fully saturated rings. The van der Waals surface area contributed by atoms with Crippen molar-refractivity contribution in [2.75, 3.05) is 25.1 Å². The lowest BCUT2D eigenvalue weighted by molar-refractivity contribution is 0.101. The van der Waals surface area contributed by atoms with Crippen molar-refractivity contribution in [1.29, 1.82) is 10.5 Å². The number of hydrogen-bond acceptors (Lipinski definition) is 10. The number of carbonyl (C=O) groups excluding carboxylic acids is 2. The molecule has 32 heavy (non-hydrogen) atoms. The summed E-state index contributed by atoms with van der Waals surface area (Å²) in [5.74, 6) is 1.71. The Balaban J connectivity index is 1.41. The Morgan fingerprint density at radius 3 is 1.62 bits per heavy atom. The number of Topliss-reactive ketones (excluding diaryl/α,β-unsaturated/α-hetero) is 2. The van der Waals surface area contributed by atoms with Crippen molar-refractivity contribution in [2.45, 2.75) is 0 Å². The van der Waals surface area contributed by atoms with Gasteiger partial charge in [-0.15, -0.1) is 23.5 Å². The Kier molecular flexibility index (Phi) is 6.55. The van der Waals surface area contributed by atoms with Crippen LogP contribution in [0.5, 0.6) is 23.0 Å². The van der Waals surface area contributed by atoms with E-state index >= 15 is 0 Å². The van der Waals surface area contributed by atoms with E-state index in [4.69, 9.17) is 18.9 Å². The van der Waals surface area contributed by atoms with Crippen LogP contribution in [-0.2, 0) is 0 Å². The van der Waals surface area contributed by atoms with E-state index in [0.717, 1.165) is 23.5 Å². The van der Waals surface area contributed by atoms with Gasteiger partial charge < -0.3 is 18.9 Å². The maximum Gasteiger partial charge on any atom is 0.231 e. The lowest BCUT2D eigenvalue weighted by atomic mass is 10.1. The Bertz CT molecular complexity index is 1120. The van der Waals surface area contributed by atoms with E-state index in [1.165, 1.54) is 0 Å². The average molecular weight is 466 g/mol. The standard InChI is InChI=1S/C22H14N2O6S2/c23-7-15(8-24)22(31-9-16(25)13-1-3-18-20(5-13)29-11-27-18)32-10-17(26)14-2-4-19-21(6-14)30-12-28-19/h1-6H,9-12H2. The van der Waals surface area contributed by atoms with Crippen molar-refractivity contribution in [3.63, 3.8) is 0 Å². The quantitative estimate of drug-likeness (QED) is 0.418. The van der Waals surface area contributed by atoms with Crippen LogP contribution < -0.4 is 18.9 Å². The molecule has 0 atom stereocenters. The predicted molar refractivity (Wildman–Crippen MR) is 117 cm³/mol. The molecule has 0 N–H and O–H groups in total. The fourth-order valence-corrected chi connectivity index (χ4v) is 4.89. The molecular weight excluding hydrogens is 452 g/mol. The molecule has 0 amide bonds. The Morgan fingerprint density at radius 2 is 1.19 bits per heavy atom. The molecule has 4 rings (SSSR count). The molecule has 2 aromatic carbocycles. The third-order valence-corrected chi connectivity index (χ3v) is 6.94. The molecule has 0 aliphatic carbocycles. The van der Waals surface area contributed by atoms with Crippen LogP contribution in [0.15, 0.2) is 46.2 Å². The first-order chi connectivity index (χ1) is 15.6. The van der Waals surface area contributed by atoms with Crippen LogP contribution in [0.2, 0.25) is 0 Å². The maximum absolute atomic E-state index is 12.6. The van der Waals surface area contributed by atoms with Gasteiger partial charge in [0.1, 0.15) is 17.7 Å². The minimum atomic E-state index is -0.205. The van der Waals surface area contributed by atoms with Gasteiger partial charge in [-0.1, -0.05) is 0 Å². The van der Waals surface area contributed by atoms with Crippen molar-refractivity contribution in [1.82, 2.24) is 0 Å². The summed E-state index contributed by atoms with van der Waals surface area (Å²) in [6.07, 6.45) is 0. The van der Waals surface area contributed by atoms with Gasteiger partial charge in [0.25, 0.3) is 0 Å². The minimum Gasteiger partial charge on any atom is -0.454 e. The topological polar surface area (TPSA) is 119 Å². The first-order valence-electron chi connectivity index (χ1n) is 9.25. The average Bonchev–Trinajstić information content (AvgIpc) is 3.48. The van der Waals surface area contributed by atoms with Crippen LogP contribution in [0.25, 0.3) is 0 Å². The number of benzene rings is 2. The van der Waals surface area contributed by atoms with Crippen LogP contribution in [0.4, 0.5) is 0 Å². The molecule has 0 bridgehead atoms. The second-order valence-corrected chi connectivity index (χ2v) is 8.68. The van der Waals surface area contributed by atoms with Gasteiger partial charge in [0, 0.05) is 11.1 Å². The second kappa shape index (κ2) is 9.69. The summed E-state index contributed by atoms with van der Waals surface area (Å²) in [7, 11) is 0. The van der Waals surface area contributed by atoms with Crippen LogP contribution in [-0.4, -0.2) is 36.7 Å². The van der Waals surface area contributed by atoms with Crippen molar-refractivity contribution >= 4 is 35.1 Å². The van der Waals surface area contributed by atoms with E-state index in [0.29, 0.717) is 38.4 Å². The zero-order valence-electron chi connectivity index (χ0n) is 16.5. The number of hydrogen-bond donors (Lipinski definition) is 0. The number of fused-ring (bicyclic) bond motifs is 2. The number of nitriles is 2. The molecule has 0 saturated heterocycles. The number of ether oxygens (including phenoxy) is 4. The summed E-state index contributed by atoms with van der Waals surface area (Å²) in [4.78, 5) is 25.2. The van der Waals surface area contributed by atoms with Gasteiger partial charge >= 0.3 is 0 Å². The first-order valence-corrected chi connectivity index (χ1v) is 11.2. The fourth-order valence-electron chi connectivity index (χ4n) is 2.87. The summed E-state index contributed by atoms with van der Waals surface area (Å²) in [5, 5.41) is 18.6. The summed E-state index contributed by atoms with van der Waals surface area (Å²) in [5.41, 5.74) is 0.716. The highest BCUT2D eigenvalue weighted by Crippen LogP contribution is 2.36. The first kappa shape index (κ1) is 21.6. The van der Waals surface area contributed by atoms with Crippen molar-refractivity contribution in [2.24, 2.45) is 0 Å². The zero-order chi connectivity index (χ0) is 22.5. The molecule has 2 aromatic rings. The highest BCUT2D eigenvalue weighted by Gasteiger charge is 2.20. The van der Waals surface area contributed by atoms with E-state index in [9.17, 15) is 20.1 Å². The van der Waals surface area contributed by atoms with Crippen molar-refractivity contribution < 1.29 is 28.5 Å². The SMILES string of the molecule is N#CC(C#N)=C(SCC(=O)c1ccc2c(c1)OCO2)SCC(=O)c1ccc2c(c1)OCO2. The number of thioether (sulfide) groups is 2. The highest BCUT2D eigenvalue weighted by atomic mass is 32.2. The third-order valence-electron chi connectivity index (χ3n) is 4.49. The molecule has 2 aliphatic heterocycles. The van der Waals surface area contributed by atoms with Gasteiger partial charge in [-0.3, -0.25) is 9.59 Å². The van der Waals surface area contributed by atoms with Gasteiger partial charge in [-0.05, 0) is 36.4 Å². The largest absolute Gasteiger partial charge is 0.454 e. The number of carbonyl (C=O) groups is 2. The zero-order valence-corrected chi connectivity index (χ0v) is 18.1. The third kappa shape index (κ3) is 4.67. The molecule has 0 radical (unpaired) electrons. The predicted octanol–water partition coefficient (Wildman–Crippen LogP) is 3.93. The molecule has 2 heterocycles. The Hall–Kier alpha value is -3.60. The van der Waals surface area contributed by atoms with E-state index in [-0.39, 0.29) is 42.2 Å². The molecule has 0 unspecified atom stereocenters. The van der Waals surface area contributed by atoms with E-state index in [1.54, 1.807) is 36.4 Å². The van der Waals surface area contributed by atoms with Gasteiger partial charge in [0.2, 0.25) is 13.6 Å². The lowest BCUT2D eigenvalue weighted by Gasteiger charge is -2.08. The summed E-state index contributed by atoms with van der Waals surface area (Å²) in [6.45, 7) is 0.215. The number of allylic oxidation sites excluding steroid dienone is 1. The Labute approximate surface area is 191 Å². The smallest absolute Gasteiger partial charge is 0.231 e. The number of ketones is 2. The minimum absolute atomic E-state index is 0.00689. The van der Waals surface area contributed by atoms with Crippen LogP contribution >= 0.6 is 23.5 Å².